The molecule has 0 saturated heterocycles. The van der Waals surface area contributed by atoms with E-state index in [0.29, 0.717) is 6.54 Å². The maximum atomic E-state index is 12.9. The molecule has 0 heterocycles. The van der Waals surface area contributed by atoms with Crippen molar-refractivity contribution in [2.75, 3.05) is 11.9 Å². The Morgan fingerprint density at radius 3 is 2.27 bits per heavy atom. The third kappa shape index (κ3) is 4.73. The van der Waals surface area contributed by atoms with Crippen LogP contribution in [0.4, 0.5) is 18.9 Å². The first-order chi connectivity index (χ1) is 10.5. The fourth-order valence-corrected chi connectivity index (χ4v) is 2.18. The maximum absolute atomic E-state index is 12.9. The third-order valence-corrected chi connectivity index (χ3v) is 3.27. The predicted octanol–water partition coefficient (Wildman–Crippen LogP) is 4.23. The molecule has 22 heavy (non-hydrogen) atoms. The normalized spacial score (nSPS) is 11.0. The average Bonchev–Trinajstić information content (AvgIpc) is 2.48. The van der Waals surface area contributed by atoms with Gasteiger partial charge < -0.3 is 10.6 Å². The lowest BCUT2D eigenvalue weighted by Gasteiger charge is -2.15. The Bertz CT molecular complexity index is 627. The number of thiocarbonyl (C=S) groups is 1. The third-order valence-electron chi connectivity index (χ3n) is 3.02. The van der Waals surface area contributed by atoms with Gasteiger partial charge in [-0.15, -0.1) is 0 Å². The average molecular weight is 324 g/mol. The molecule has 0 aliphatic carbocycles. The van der Waals surface area contributed by atoms with Crippen LogP contribution in [-0.4, -0.2) is 11.7 Å². The molecule has 2 nitrogen and oxygen atoms in total. The quantitative estimate of drug-likeness (QED) is 0.823. The van der Waals surface area contributed by atoms with Crippen LogP contribution in [0.2, 0.25) is 0 Å². The molecule has 0 fully saturated rings. The van der Waals surface area contributed by atoms with Gasteiger partial charge in [0.1, 0.15) is 0 Å². The van der Waals surface area contributed by atoms with Gasteiger partial charge in [0, 0.05) is 6.54 Å². The van der Waals surface area contributed by atoms with Crippen LogP contribution in [0.3, 0.4) is 0 Å². The number of nitrogens with one attached hydrogen (secondary N) is 2. The molecule has 0 spiro atoms. The summed E-state index contributed by atoms with van der Waals surface area (Å²) in [5.74, 6) is 0. The fourth-order valence-electron chi connectivity index (χ4n) is 1.97. The predicted molar refractivity (Wildman–Crippen MR) is 85.8 cm³/mol. The fraction of sp³-hybridized carbons (Fsp3) is 0.188. The van der Waals surface area contributed by atoms with E-state index < -0.39 is 11.7 Å². The molecule has 0 bridgehead atoms. The minimum Gasteiger partial charge on any atom is -0.362 e. The number of alkyl halides is 3. The summed E-state index contributed by atoms with van der Waals surface area (Å²) in [7, 11) is 0. The van der Waals surface area contributed by atoms with Crippen LogP contribution in [0, 0.1) is 0 Å². The summed E-state index contributed by atoms with van der Waals surface area (Å²) in [6, 6.07) is 15.0. The van der Waals surface area contributed by atoms with Gasteiger partial charge in [-0.25, -0.2) is 0 Å². The highest BCUT2D eigenvalue weighted by Crippen LogP contribution is 2.34. The number of rotatable bonds is 4. The molecule has 6 heteroatoms. The first kappa shape index (κ1) is 16.3. The van der Waals surface area contributed by atoms with Crippen molar-refractivity contribution in [1.82, 2.24) is 5.32 Å². The highest BCUT2D eigenvalue weighted by atomic mass is 32.1. The molecule has 0 atom stereocenters. The molecule has 2 N–H and O–H groups in total. The Labute approximate surface area is 132 Å². The Hall–Kier alpha value is -2.08. The van der Waals surface area contributed by atoms with Gasteiger partial charge in [0.25, 0.3) is 0 Å². The van der Waals surface area contributed by atoms with Crippen LogP contribution in [0.25, 0.3) is 0 Å². The summed E-state index contributed by atoms with van der Waals surface area (Å²) in [4.78, 5) is 0. The molecule has 0 amide bonds. The van der Waals surface area contributed by atoms with E-state index in [0.717, 1.165) is 18.1 Å². The standard InChI is InChI=1S/C16H15F3N2S/c17-16(18,19)13-8-4-5-9-14(13)21-15(22)20-11-10-12-6-2-1-3-7-12/h1-9H,10-11H2,(H2,20,21,22). The van der Waals surface area contributed by atoms with E-state index in [4.69, 9.17) is 12.2 Å². The Balaban J connectivity index is 1.90. The van der Waals surface area contributed by atoms with E-state index in [1.807, 2.05) is 30.3 Å². The van der Waals surface area contributed by atoms with E-state index in [9.17, 15) is 13.2 Å². The molecule has 2 rings (SSSR count). The van der Waals surface area contributed by atoms with Gasteiger partial charge in [0.05, 0.1) is 11.3 Å². The van der Waals surface area contributed by atoms with Crippen molar-refractivity contribution < 1.29 is 13.2 Å². The second kappa shape index (κ2) is 7.26. The van der Waals surface area contributed by atoms with Crippen LogP contribution >= 0.6 is 12.2 Å². The molecule has 2 aromatic carbocycles. The molecule has 0 saturated carbocycles. The van der Waals surface area contributed by atoms with Crippen LogP contribution in [-0.2, 0) is 12.6 Å². The van der Waals surface area contributed by atoms with Gasteiger partial charge >= 0.3 is 6.18 Å². The summed E-state index contributed by atoms with van der Waals surface area (Å²) in [5.41, 5.74) is 0.350. The molecular formula is C16H15F3N2S. The molecule has 0 aliphatic rings. The number of para-hydroxylation sites is 1. The second-order valence-electron chi connectivity index (χ2n) is 4.66. The van der Waals surface area contributed by atoms with Crippen LogP contribution in [0.1, 0.15) is 11.1 Å². The SMILES string of the molecule is FC(F)(F)c1ccccc1NC(=S)NCCc1ccccc1. The van der Waals surface area contributed by atoms with Crippen molar-refractivity contribution in [1.29, 1.82) is 0 Å². The van der Waals surface area contributed by atoms with Gasteiger partial charge in [-0.1, -0.05) is 42.5 Å². The van der Waals surface area contributed by atoms with Gasteiger partial charge in [0.15, 0.2) is 5.11 Å². The van der Waals surface area contributed by atoms with Crippen LogP contribution in [0.5, 0.6) is 0 Å². The van der Waals surface area contributed by atoms with Gasteiger partial charge in [-0.3, -0.25) is 0 Å². The number of anilines is 1. The summed E-state index contributed by atoms with van der Waals surface area (Å²) >= 11 is 5.04. The maximum Gasteiger partial charge on any atom is 0.418 e. The molecule has 0 aromatic heterocycles. The molecule has 0 radical (unpaired) electrons. The van der Waals surface area contributed by atoms with E-state index in [-0.39, 0.29) is 10.8 Å². The molecule has 0 unspecified atom stereocenters. The summed E-state index contributed by atoms with van der Waals surface area (Å²) in [5, 5.41) is 5.69. The van der Waals surface area contributed by atoms with E-state index in [2.05, 4.69) is 10.6 Å². The van der Waals surface area contributed by atoms with Gasteiger partial charge in [-0.05, 0) is 36.3 Å². The Kier molecular flexibility index (Phi) is 5.38. The Morgan fingerprint density at radius 2 is 1.59 bits per heavy atom. The number of hydrogen-bond acceptors (Lipinski definition) is 1. The van der Waals surface area contributed by atoms with Crippen molar-refractivity contribution in [2.45, 2.75) is 12.6 Å². The zero-order chi connectivity index (χ0) is 16.0. The zero-order valence-corrected chi connectivity index (χ0v) is 12.5. The molecule has 2 aromatic rings. The lowest BCUT2D eigenvalue weighted by molar-refractivity contribution is -0.136. The highest BCUT2D eigenvalue weighted by Gasteiger charge is 2.33. The van der Waals surface area contributed by atoms with Crippen molar-refractivity contribution in [3.63, 3.8) is 0 Å². The zero-order valence-electron chi connectivity index (χ0n) is 11.7. The summed E-state index contributed by atoms with van der Waals surface area (Å²) < 4.78 is 38.6. The van der Waals surface area contributed by atoms with Crippen molar-refractivity contribution in [3.8, 4) is 0 Å². The first-order valence-corrected chi connectivity index (χ1v) is 7.12. The molecule has 116 valence electrons. The lowest BCUT2D eigenvalue weighted by Crippen LogP contribution is -2.31. The number of hydrogen-bond donors (Lipinski definition) is 2. The number of halogens is 3. The van der Waals surface area contributed by atoms with Crippen molar-refractivity contribution >= 4 is 23.0 Å². The summed E-state index contributed by atoms with van der Waals surface area (Å²) in [6.07, 6.45) is -3.67. The Morgan fingerprint density at radius 1 is 0.955 bits per heavy atom. The summed E-state index contributed by atoms with van der Waals surface area (Å²) in [6.45, 7) is 0.546. The van der Waals surface area contributed by atoms with Crippen LogP contribution < -0.4 is 10.6 Å². The van der Waals surface area contributed by atoms with Crippen molar-refractivity contribution in [2.24, 2.45) is 0 Å². The largest absolute Gasteiger partial charge is 0.418 e. The van der Waals surface area contributed by atoms with Gasteiger partial charge in [0.2, 0.25) is 0 Å². The minimum absolute atomic E-state index is 0.0489. The highest BCUT2D eigenvalue weighted by molar-refractivity contribution is 7.80. The minimum atomic E-state index is -4.41. The monoisotopic (exact) mass is 324 g/mol. The number of benzene rings is 2. The lowest BCUT2D eigenvalue weighted by atomic mass is 10.1. The van der Waals surface area contributed by atoms with E-state index >= 15 is 0 Å². The smallest absolute Gasteiger partial charge is 0.362 e. The van der Waals surface area contributed by atoms with E-state index in [1.54, 1.807) is 0 Å². The van der Waals surface area contributed by atoms with Crippen LogP contribution in [0.15, 0.2) is 54.6 Å². The second-order valence-corrected chi connectivity index (χ2v) is 5.07. The van der Waals surface area contributed by atoms with Gasteiger partial charge in [-0.2, -0.15) is 13.2 Å². The molecular weight excluding hydrogens is 309 g/mol. The first-order valence-electron chi connectivity index (χ1n) is 6.72. The topological polar surface area (TPSA) is 24.1 Å². The molecule has 0 aliphatic heterocycles. The van der Waals surface area contributed by atoms with Crippen molar-refractivity contribution in [3.05, 3.63) is 65.7 Å². The van der Waals surface area contributed by atoms with E-state index in [1.165, 1.54) is 18.2 Å².